The number of aryl methyl sites for hydroxylation is 1. The van der Waals surface area contributed by atoms with Crippen molar-refractivity contribution in [3.05, 3.63) is 64.9 Å². The van der Waals surface area contributed by atoms with Gasteiger partial charge in [-0.3, -0.25) is 4.79 Å². The van der Waals surface area contributed by atoms with Crippen LogP contribution in [0, 0.1) is 0 Å². The molecule has 0 aliphatic carbocycles. The minimum atomic E-state index is -0.0293. The van der Waals surface area contributed by atoms with Crippen molar-refractivity contribution in [2.75, 3.05) is 6.61 Å². The van der Waals surface area contributed by atoms with E-state index in [1.807, 2.05) is 55.7 Å². The molecule has 0 aliphatic heterocycles. The van der Waals surface area contributed by atoms with E-state index >= 15 is 0 Å². The summed E-state index contributed by atoms with van der Waals surface area (Å²) in [6.07, 6.45) is 1.85. The van der Waals surface area contributed by atoms with Crippen LogP contribution in [0.25, 0.3) is 10.8 Å². The Morgan fingerprint density at radius 2 is 1.90 bits per heavy atom. The Kier molecular flexibility index (Phi) is 3.80. The van der Waals surface area contributed by atoms with Crippen LogP contribution in [0.1, 0.15) is 10.5 Å². The van der Waals surface area contributed by atoms with Gasteiger partial charge in [0.15, 0.2) is 6.61 Å². The molecule has 0 unspecified atom stereocenters. The number of rotatable bonds is 4. The zero-order valence-electron chi connectivity index (χ0n) is 11.5. The zero-order chi connectivity index (χ0) is 14.8. The lowest BCUT2D eigenvalue weighted by molar-refractivity contribution is 0.0913. The molecule has 2 aromatic carbocycles. The number of nitrogens with zero attached hydrogens (tertiary/aromatic N) is 1. The Balaban J connectivity index is 1.75. The standard InChI is InChI=1S/C17H14BrNO2/c1-19-8-2-3-16(19)17(20)11-21-15-7-5-12-9-14(18)6-4-13(12)10-15/h2-10H,11H2,1H3. The van der Waals surface area contributed by atoms with E-state index in [2.05, 4.69) is 15.9 Å². The van der Waals surface area contributed by atoms with Crippen molar-refractivity contribution >= 4 is 32.5 Å². The maximum Gasteiger partial charge on any atom is 0.216 e. The molecule has 3 rings (SSSR count). The molecule has 0 saturated carbocycles. The molecule has 3 aromatic rings. The number of carbonyl (C=O) groups is 1. The molecule has 0 radical (unpaired) electrons. The van der Waals surface area contributed by atoms with E-state index in [1.54, 1.807) is 10.6 Å². The molecule has 21 heavy (non-hydrogen) atoms. The summed E-state index contributed by atoms with van der Waals surface area (Å²) in [6.45, 7) is 0.0416. The topological polar surface area (TPSA) is 31.2 Å². The van der Waals surface area contributed by atoms with Crippen LogP contribution in [-0.4, -0.2) is 17.0 Å². The van der Waals surface area contributed by atoms with E-state index in [4.69, 9.17) is 4.74 Å². The molecule has 0 atom stereocenters. The Labute approximate surface area is 131 Å². The maximum absolute atomic E-state index is 12.1. The van der Waals surface area contributed by atoms with E-state index in [0.29, 0.717) is 11.4 Å². The molecule has 0 bridgehead atoms. The summed E-state index contributed by atoms with van der Waals surface area (Å²) in [6, 6.07) is 15.5. The van der Waals surface area contributed by atoms with Crippen molar-refractivity contribution in [1.29, 1.82) is 0 Å². The number of halogens is 1. The van der Waals surface area contributed by atoms with Crippen molar-refractivity contribution in [1.82, 2.24) is 4.57 Å². The smallest absolute Gasteiger partial charge is 0.216 e. The second kappa shape index (κ2) is 5.74. The first-order valence-electron chi connectivity index (χ1n) is 6.60. The Morgan fingerprint density at radius 1 is 1.14 bits per heavy atom. The zero-order valence-corrected chi connectivity index (χ0v) is 13.1. The van der Waals surface area contributed by atoms with Gasteiger partial charge >= 0.3 is 0 Å². The fraction of sp³-hybridized carbons (Fsp3) is 0.118. The number of ketones is 1. The summed E-state index contributed by atoms with van der Waals surface area (Å²) in [5.41, 5.74) is 0.653. The molecule has 0 aliphatic rings. The van der Waals surface area contributed by atoms with E-state index < -0.39 is 0 Å². The predicted molar refractivity (Wildman–Crippen MR) is 86.9 cm³/mol. The molecule has 0 N–H and O–H groups in total. The van der Waals surface area contributed by atoms with Crippen LogP contribution >= 0.6 is 15.9 Å². The summed E-state index contributed by atoms with van der Waals surface area (Å²) in [7, 11) is 1.85. The fourth-order valence-electron chi connectivity index (χ4n) is 2.26. The van der Waals surface area contributed by atoms with Gasteiger partial charge in [0.2, 0.25) is 5.78 Å². The van der Waals surface area contributed by atoms with Gasteiger partial charge in [-0.2, -0.15) is 0 Å². The number of hydrogen-bond donors (Lipinski definition) is 0. The van der Waals surface area contributed by atoms with Crippen LogP contribution < -0.4 is 4.74 Å². The molecule has 1 heterocycles. The highest BCUT2D eigenvalue weighted by Gasteiger charge is 2.10. The van der Waals surface area contributed by atoms with Crippen molar-refractivity contribution in [3.8, 4) is 5.75 Å². The lowest BCUT2D eigenvalue weighted by atomic mass is 10.1. The third kappa shape index (κ3) is 3.00. The molecule has 106 valence electrons. The average molecular weight is 344 g/mol. The molecule has 0 amide bonds. The third-order valence-electron chi connectivity index (χ3n) is 3.37. The minimum Gasteiger partial charge on any atom is -0.485 e. The Hall–Kier alpha value is -2.07. The highest BCUT2D eigenvalue weighted by molar-refractivity contribution is 9.10. The first-order valence-corrected chi connectivity index (χ1v) is 7.39. The molecular formula is C17H14BrNO2. The molecule has 0 saturated heterocycles. The highest BCUT2D eigenvalue weighted by Crippen LogP contribution is 2.24. The Morgan fingerprint density at radius 3 is 2.67 bits per heavy atom. The first kappa shape index (κ1) is 13.9. The quantitative estimate of drug-likeness (QED) is 0.664. The third-order valence-corrected chi connectivity index (χ3v) is 3.87. The van der Waals surface area contributed by atoms with Crippen molar-refractivity contribution in [3.63, 3.8) is 0 Å². The molecule has 3 nitrogen and oxygen atoms in total. The van der Waals surface area contributed by atoms with Crippen LogP contribution in [0.15, 0.2) is 59.2 Å². The van der Waals surface area contributed by atoms with Crippen molar-refractivity contribution < 1.29 is 9.53 Å². The number of Topliss-reactive ketones (excluding diaryl/α,β-unsaturated/α-hetero) is 1. The van der Waals surface area contributed by atoms with Crippen LogP contribution in [0.4, 0.5) is 0 Å². The monoisotopic (exact) mass is 343 g/mol. The van der Waals surface area contributed by atoms with E-state index in [9.17, 15) is 4.79 Å². The number of benzene rings is 2. The van der Waals surface area contributed by atoms with Gasteiger partial charge in [0, 0.05) is 17.7 Å². The second-order valence-corrected chi connectivity index (χ2v) is 5.79. The summed E-state index contributed by atoms with van der Waals surface area (Å²) in [5.74, 6) is 0.672. The van der Waals surface area contributed by atoms with Gasteiger partial charge in [0.25, 0.3) is 0 Å². The number of fused-ring (bicyclic) bond motifs is 1. The van der Waals surface area contributed by atoms with Crippen LogP contribution in [0.5, 0.6) is 5.75 Å². The number of ether oxygens (including phenoxy) is 1. The fourth-order valence-corrected chi connectivity index (χ4v) is 2.64. The van der Waals surface area contributed by atoms with Crippen LogP contribution in [0.2, 0.25) is 0 Å². The summed E-state index contributed by atoms with van der Waals surface area (Å²) < 4.78 is 8.45. The predicted octanol–water partition coefficient (Wildman–Crippen LogP) is 4.20. The van der Waals surface area contributed by atoms with Crippen molar-refractivity contribution in [2.24, 2.45) is 7.05 Å². The Bertz CT molecular complexity index is 807. The van der Waals surface area contributed by atoms with Gasteiger partial charge in [-0.15, -0.1) is 0 Å². The molecular weight excluding hydrogens is 330 g/mol. The first-order chi connectivity index (χ1) is 10.1. The van der Waals surface area contributed by atoms with Gasteiger partial charge in [0.1, 0.15) is 5.75 Å². The molecule has 0 spiro atoms. The molecule has 4 heteroatoms. The lowest BCUT2D eigenvalue weighted by Crippen LogP contribution is -2.14. The van der Waals surface area contributed by atoms with Gasteiger partial charge in [-0.25, -0.2) is 0 Å². The van der Waals surface area contributed by atoms with Crippen molar-refractivity contribution in [2.45, 2.75) is 0 Å². The molecule has 1 aromatic heterocycles. The van der Waals surface area contributed by atoms with Gasteiger partial charge in [0.05, 0.1) is 5.69 Å². The van der Waals surface area contributed by atoms with Gasteiger partial charge in [-0.1, -0.05) is 28.1 Å². The molecule has 0 fully saturated rings. The SMILES string of the molecule is Cn1cccc1C(=O)COc1ccc2cc(Br)ccc2c1. The van der Waals surface area contributed by atoms with E-state index in [-0.39, 0.29) is 12.4 Å². The number of carbonyl (C=O) groups excluding carboxylic acids is 1. The van der Waals surface area contributed by atoms with Crippen LogP contribution in [-0.2, 0) is 7.05 Å². The largest absolute Gasteiger partial charge is 0.485 e. The van der Waals surface area contributed by atoms with E-state index in [1.165, 1.54) is 0 Å². The lowest BCUT2D eigenvalue weighted by Gasteiger charge is -2.07. The maximum atomic E-state index is 12.1. The van der Waals surface area contributed by atoms with Gasteiger partial charge in [-0.05, 0) is 47.2 Å². The number of hydrogen-bond acceptors (Lipinski definition) is 2. The van der Waals surface area contributed by atoms with E-state index in [0.717, 1.165) is 15.2 Å². The normalized spacial score (nSPS) is 10.8. The second-order valence-electron chi connectivity index (χ2n) is 4.87. The highest BCUT2D eigenvalue weighted by atomic mass is 79.9. The summed E-state index contributed by atoms with van der Waals surface area (Å²) in [5, 5.41) is 2.22. The summed E-state index contributed by atoms with van der Waals surface area (Å²) >= 11 is 3.45. The van der Waals surface area contributed by atoms with Crippen LogP contribution in [0.3, 0.4) is 0 Å². The average Bonchev–Trinajstić information content (AvgIpc) is 2.91. The summed E-state index contributed by atoms with van der Waals surface area (Å²) in [4.78, 5) is 12.1. The minimum absolute atomic E-state index is 0.0293. The van der Waals surface area contributed by atoms with Gasteiger partial charge < -0.3 is 9.30 Å². The number of aromatic nitrogens is 1.